The third-order valence-corrected chi connectivity index (χ3v) is 6.47. The number of H-pyrrole nitrogens is 1. The number of carbonyl (C=O) groups excluding carboxylic acids is 1. The summed E-state index contributed by atoms with van der Waals surface area (Å²) in [7, 11) is -3.60. The zero-order chi connectivity index (χ0) is 18.1. The van der Waals surface area contributed by atoms with Crippen molar-refractivity contribution < 1.29 is 13.2 Å². The predicted molar refractivity (Wildman–Crippen MR) is 97.2 cm³/mol. The number of imidazole rings is 1. The lowest BCUT2D eigenvalue weighted by Crippen LogP contribution is -2.50. The molecule has 0 spiro atoms. The maximum Gasteiger partial charge on any atom is 0.253 e. The summed E-state index contributed by atoms with van der Waals surface area (Å²) in [4.78, 5) is 21.4. The topological polar surface area (TPSA) is 86.4 Å². The number of hydrogen-bond acceptors (Lipinski definition) is 4. The smallest absolute Gasteiger partial charge is 0.253 e. The Bertz CT molecular complexity index is 1040. The summed E-state index contributed by atoms with van der Waals surface area (Å²) in [6.07, 6.45) is 1.54. The van der Waals surface area contributed by atoms with E-state index in [9.17, 15) is 13.2 Å². The molecule has 7 nitrogen and oxygen atoms in total. The summed E-state index contributed by atoms with van der Waals surface area (Å²) >= 11 is 0. The molecule has 1 aliphatic heterocycles. The van der Waals surface area contributed by atoms with Crippen LogP contribution in [-0.4, -0.2) is 59.7 Å². The molecule has 2 aromatic carbocycles. The first kappa shape index (κ1) is 16.7. The maximum absolute atomic E-state index is 12.9. The van der Waals surface area contributed by atoms with E-state index < -0.39 is 10.0 Å². The molecular formula is C18H18N4O3S. The lowest BCUT2D eigenvalue weighted by atomic mass is 10.2. The summed E-state index contributed by atoms with van der Waals surface area (Å²) in [5, 5.41) is 0. The average Bonchev–Trinajstić information content (AvgIpc) is 3.16. The van der Waals surface area contributed by atoms with Crippen molar-refractivity contribution >= 4 is 27.0 Å². The third-order valence-electron chi connectivity index (χ3n) is 4.58. The van der Waals surface area contributed by atoms with Gasteiger partial charge in [-0.25, -0.2) is 13.4 Å². The second-order valence-electron chi connectivity index (χ2n) is 6.14. The fourth-order valence-electron chi connectivity index (χ4n) is 3.12. The van der Waals surface area contributed by atoms with Gasteiger partial charge in [-0.15, -0.1) is 0 Å². The highest BCUT2D eigenvalue weighted by atomic mass is 32.2. The van der Waals surface area contributed by atoms with Crippen LogP contribution in [0, 0.1) is 0 Å². The zero-order valence-electron chi connectivity index (χ0n) is 14.0. The van der Waals surface area contributed by atoms with E-state index in [0.717, 1.165) is 5.52 Å². The third kappa shape index (κ3) is 2.97. The van der Waals surface area contributed by atoms with Gasteiger partial charge in [-0.05, 0) is 30.3 Å². The van der Waals surface area contributed by atoms with Gasteiger partial charge in [0.05, 0.1) is 22.3 Å². The van der Waals surface area contributed by atoms with Gasteiger partial charge in [-0.2, -0.15) is 4.31 Å². The molecule has 2 heterocycles. The Hall–Kier alpha value is -2.71. The molecule has 1 N–H and O–H groups in total. The van der Waals surface area contributed by atoms with E-state index >= 15 is 0 Å². The van der Waals surface area contributed by atoms with E-state index in [4.69, 9.17) is 0 Å². The molecule has 26 heavy (non-hydrogen) atoms. The summed E-state index contributed by atoms with van der Waals surface area (Å²) < 4.78 is 27.2. The second kappa shape index (κ2) is 6.54. The van der Waals surface area contributed by atoms with Crippen LogP contribution >= 0.6 is 0 Å². The van der Waals surface area contributed by atoms with E-state index in [1.54, 1.807) is 35.2 Å². The minimum Gasteiger partial charge on any atom is -0.345 e. The normalized spacial score (nSPS) is 16.1. The number of piperazine rings is 1. The molecule has 1 aliphatic rings. The van der Waals surface area contributed by atoms with E-state index in [1.165, 1.54) is 10.6 Å². The Balaban J connectivity index is 1.49. The lowest BCUT2D eigenvalue weighted by molar-refractivity contribution is 0.0698. The van der Waals surface area contributed by atoms with Gasteiger partial charge in [-0.1, -0.05) is 18.2 Å². The van der Waals surface area contributed by atoms with Gasteiger partial charge in [-0.3, -0.25) is 4.79 Å². The quantitative estimate of drug-likeness (QED) is 0.760. The number of hydrogen-bond donors (Lipinski definition) is 1. The molecule has 3 aromatic rings. The molecule has 1 fully saturated rings. The van der Waals surface area contributed by atoms with Crippen LogP contribution in [0.5, 0.6) is 0 Å². The van der Waals surface area contributed by atoms with Gasteiger partial charge in [0.25, 0.3) is 5.91 Å². The first-order valence-corrected chi connectivity index (χ1v) is 9.77. The number of benzene rings is 2. The van der Waals surface area contributed by atoms with Crippen molar-refractivity contribution in [3.8, 4) is 0 Å². The second-order valence-corrected chi connectivity index (χ2v) is 8.08. The first-order valence-electron chi connectivity index (χ1n) is 8.33. The summed E-state index contributed by atoms with van der Waals surface area (Å²) in [6.45, 7) is 1.31. The molecule has 0 saturated carbocycles. The van der Waals surface area contributed by atoms with Gasteiger partial charge in [0.15, 0.2) is 0 Å². The number of nitrogens with one attached hydrogen (secondary N) is 1. The van der Waals surface area contributed by atoms with Crippen LogP contribution in [0.25, 0.3) is 11.0 Å². The number of aromatic nitrogens is 2. The number of amides is 1. The summed E-state index contributed by atoms with van der Waals surface area (Å²) in [5.41, 5.74) is 2.03. The molecule has 1 aromatic heterocycles. The number of rotatable bonds is 3. The number of carbonyl (C=O) groups is 1. The van der Waals surface area contributed by atoms with Gasteiger partial charge in [0.1, 0.15) is 0 Å². The van der Waals surface area contributed by atoms with E-state index in [2.05, 4.69) is 9.97 Å². The van der Waals surface area contributed by atoms with Crippen molar-refractivity contribution in [3.63, 3.8) is 0 Å². The molecule has 0 radical (unpaired) electrons. The van der Waals surface area contributed by atoms with Crippen LogP contribution < -0.4 is 0 Å². The number of aromatic amines is 1. The minimum absolute atomic E-state index is 0.0680. The largest absolute Gasteiger partial charge is 0.345 e. The van der Waals surface area contributed by atoms with Gasteiger partial charge < -0.3 is 9.88 Å². The van der Waals surface area contributed by atoms with Crippen LogP contribution in [0.15, 0.2) is 59.8 Å². The summed E-state index contributed by atoms with van der Waals surface area (Å²) in [5.74, 6) is -0.0680. The molecule has 0 bridgehead atoms. The highest BCUT2D eigenvalue weighted by Crippen LogP contribution is 2.21. The van der Waals surface area contributed by atoms with Crippen molar-refractivity contribution in [2.24, 2.45) is 0 Å². The highest BCUT2D eigenvalue weighted by Gasteiger charge is 2.30. The molecule has 0 aliphatic carbocycles. The molecule has 0 atom stereocenters. The number of fused-ring (bicyclic) bond motifs is 1. The Morgan fingerprint density at radius 1 is 1.00 bits per heavy atom. The maximum atomic E-state index is 12.9. The molecule has 134 valence electrons. The SMILES string of the molecule is O=C(c1ccccc1)N1CCN(S(=O)(=O)c2ccc3nc[nH]c3c2)CC1. The Morgan fingerprint density at radius 2 is 1.73 bits per heavy atom. The predicted octanol–water partition coefficient (Wildman–Crippen LogP) is 1.71. The van der Waals surface area contributed by atoms with Crippen LogP contribution in [0.1, 0.15) is 10.4 Å². The van der Waals surface area contributed by atoms with Crippen LogP contribution in [-0.2, 0) is 10.0 Å². The standard InChI is InChI=1S/C18H18N4O3S/c23-18(14-4-2-1-3-5-14)21-8-10-22(11-9-21)26(24,25)15-6-7-16-17(12-15)20-13-19-16/h1-7,12-13H,8-11H2,(H,19,20). The van der Waals surface area contributed by atoms with Crippen molar-refractivity contribution in [2.75, 3.05) is 26.2 Å². The van der Waals surface area contributed by atoms with Crippen molar-refractivity contribution in [1.29, 1.82) is 0 Å². The Labute approximate surface area is 151 Å². The summed E-state index contributed by atoms with van der Waals surface area (Å²) in [6, 6.07) is 13.9. The average molecular weight is 370 g/mol. The van der Waals surface area contributed by atoms with Crippen LogP contribution in [0.3, 0.4) is 0 Å². The molecular weight excluding hydrogens is 352 g/mol. The van der Waals surface area contributed by atoms with E-state index in [0.29, 0.717) is 24.2 Å². The fourth-order valence-corrected chi connectivity index (χ4v) is 4.57. The van der Waals surface area contributed by atoms with Gasteiger partial charge >= 0.3 is 0 Å². The Kier molecular flexibility index (Phi) is 4.21. The fraction of sp³-hybridized carbons (Fsp3) is 0.222. The number of nitrogens with zero attached hydrogens (tertiary/aromatic N) is 3. The molecule has 4 rings (SSSR count). The zero-order valence-corrected chi connectivity index (χ0v) is 14.8. The highest BCUT2D eigenvalue weighted by molar-refractivity contribution is 7.89. The van der Waals surface area contributed by atoms with Crippen molar-refractivity contribution in [2.45, 2.75) is 4.90 Å². The molecule has 1 amide bonds. The van der Waals surface area contributed by atoms with Gasteiger partial charge in [0.2, 0.25) is 10.0 Å². The monoisotopic (exact) mass is 370 g/mol. The molecule has 8 heteroatoms. The minimum atomic E-state index is -3.60. The van der Waals surface area contributed by atoms with Crippen molar-refractivity contribution in [1.82, 2.24) is 19.2 Å². The molecule has 1 saturated heterocycles. The van der Waals surface area contributed by atoms with Gasteiger partial charge in [0, 0.05) is 31.7 Å². The van der Waals surface area contributed by atoms with E-state index in [1.807, 2.05) is 18.2 Å². The van der Waals surface area contributed by atoms with Crippen LogP contribution in [0.2, 0.25) is 0 Å². The van der Waals surface area contributed by atoms with Crippen molar-refractivity contribution in [3.05, 3.63) is 60.4 Å². The Morgan fingerprint density at radius 3 is 2.46 bits per heavy atom. The molecule has 0 unspecified atom stereocenters. The lowest BCUT2D eigenvalue weighted by Gasteiger charge is -2.34. The first-order chi connectivity index (χ1) is 12.6. The van der Waals surface area contributed by atoms with Crippen LogP contribution in [0.4, 0.5) is 0 Å². The number of sulfonamides is 1. The van der Waals surface area contributed by atoms with E-state index in [-0.39, 0.29) is 23.9 Å².